The number of allylic oxidation sites excluding steroid dienone is 3. The zero-order chi connectivity index (χ0) is 27.8. The fourth-order valence-electron chi connectivity index (χ4n) is 6.55. The Morgan fingerprint density at radius 1 is 0.619 bits per heavy atom. The lowest BCUT2D eigenvalue weighted by molar-refractivity contribution is 0.342. The van der Waals surface area contributed by atoms with Gasteiger partial charge in [-0.2, -0.15) is 0 Å². The monoisotopic (exact) mass is 545 g/mol. The van der Waals surface area contributed by atoms with Gasteiger partial charge in [0.15, 0.2) is 17.2 Å². The van der Waals surface area contributed by atoms with Crippen molar-refractivity contribution in [2.75, 3.05) is 9.80 Å². The lowest BCUT2D eigenvalue weighted by Gasteiger charge is -2.37. The van der Waals surface area contributed by atoms with Crippen molar-refractivity contribution < 1.29 is 9.47 Å². The maximum absolute atomic E-state index is 6.45. The number of nitrogens with one attached hydrogen (secondary N) is 1. The Kier molecular flexibility index (Phi) is 4.88. The molecule has 1 unspecified atom stereocenters. The van der Waals surface area contributed by atoms with Crippen LogP contribution in [0, 0.1) is 5.92 Å². The molecule has 6 aromatic rings. The number of para-hydroxylation sites is 6. The van der Waals surface area contributed by atoms with Crippen molar-refractivity contribution >= 4 is 50.2 Å². The third-order valence-electron chi connectivity index (χ3n) is 8.55. The highest BCUT2D eigenvalue weighted by Crippen LogP contribution is 2.51. The standard InChI is InChI=1S/C37H27N3O2/c1-23-9-8-13-33-37(23)42-36-16-7-4-12-32(36)40(33)25-18-20-29-27(22-25)26-21-24(17-19-28(26)38-29)39-30-10-2-5-14-34(30)41-35-15-6-3-11-31(35)39/h2-8,10-23,38H,9H2,1H3. The van der Waals surface area contributed by atoms with Crippen LogP contribution in [0.25, 0.3) is 21.8 Å². The lowest BCUT2D eigenvalue weighted by Crippen LogP contribution is -2.27. The molecule has 3 aliphatic rings. The Hall–Kier alpha value is -5.42. The van der Waals surface area contributed by atoms with Crippen LogP contribution in [0.3, 0.4) is 0 Å². The summed E-state index contributed by atoms with van der Waals surface area (Å²) in [6.07, 6.45) is 5.44. The zero-order valence-electron chi connectivity index (χ0n) is 23.0. The van der Waals surface area contributed by atoms with E-state index in [0.29, 0.717) is 5.92 Å². The summed E-state index contributed by atoms with van der Waals surface area (Å²) in [4.78, 5) is 8.28. The average molecular weight is 546 g/mol. The van der Waals surface area contributed by atoms with Crippen LogP contribution in [-0.2, 0) is 0 Å². The summed E-state index contributed by atoms with van der Waals surface area (Å²) in [7, 11) is 0. The highest BCUT2D eigenvalue weighted by atomic mass is 16.5. The van der Waals surface area contributed by atoms with Crippen molar-refractivity contribution in [3.8, 4) is 17.2 Å². The molecule has 0 fully saturated rings. The van der Waals surface area contributed by atoms with Crippen LogP contribution >= 0.6 is 0 Å². The Balaban J connectivity index is 1.23. The SMILES string of the molecule is CC1CC=CC2=C1Oc1ccccc1N2c1ccc2[nH]c3ccc(N4c5ccccc5Oc5ccccc54)cc3c2c1. The van der Waals surface area contributed by atoms with E-state index in [0.717, 1.165) is 74.6 Å². The Bertz CT molecular complexity index is 2080. The molecule has 0 bridgehead atoms. The minimum Gasteiger partial charge on any atom is -0.457 e. The summed E-state index contributed by atoms with van der Waals surface area (Å²) in [5.74, 6) is 3.94. The number of aromatic amines is 1. The first-order valence-corrected chi connectivity index (χ1v) is 14.4. The molecule has 0 amide bonds. The molecule has 2 aliphatic heterocycles. The molecule has 0 radical (unpaired) electrons. The predicted octanol–water partition coefficient (Wildman–Crippen LogP) is 10.2. The topological polar surface area (TPSA) is 40.7 Å². The second kappa shape index (κ2) is 8.79. The third kappa shape index (κ3) is 3.37. The second-order valence-electron chi connectivity index (χ2n) is 11.2. The van der Waals surface area contributed by atoms with E-state index in [1.165, 1.54) is 10.8 Å². The van der Waals surface area contributed by atoms with Crippen LogP contribution in [0.5, 0.6) is 17.2 Å². The largest absolute Gasteiger partial charge is 0.457 e. The first-order valence-electron chi connectivity index (χ1n) is 14.4. The first kappa shape index (κ1) is 23.3. The maximum atomic E-state index is 6.45. The van der Waals surface area contributed by atoms with E-state index in [2.05, 4.69) is 113 Å². The minimum absolute atomic E-state index is 0.319. The smallest absolute Gasteiger partial charge is 0.151 e. The summed E-state index contributed by atoms with van der Waals surface area (Å²) in [5, 5.41) is 2.35. The van der Waals surface area contributed by atoms with Crippen molar-refractivity contribution in [2.45, 2.75) is 13.3 Å². The molecule has 1 atom stereocenters. The molecule has 1 N–H and O–H groups in total. The molecule has 42 heavy (non-hydrogen) atoms. The lowest BCUT2D eigenvalue weighted by atomic mass is 9.96. The van der Waals surface area contributed by atoms with Crippen LogP contribution in [-0.4, -0.2) is 4.98 Å². The van der Waals surface area contributed by atoms with Gasteiger partial charge >= 0.3 is 0 Å². The van der Waals surface area contributed by atoms with Crippen molar-refractivity contribution in [1.82, 2.24) is 4.98 Å². The molecule has 0 saturated carbocycles. The van der Waals surface area contributed by atoms with Gasteiger partial charge in [0.05, 0.1) is 22.8 Å². The van der Waals surface area contributed by atoms with Gasteiger partial charge in [-0.1, -0.05) is 49.4 Å². The van der Waals surface area contributed by atoms with Crippen molar-refractivity contribution in [2.24, 2.45) is 5.92 Å². The number of rotatable bonds is 2. The first-order chi connectivity index (χ1) is 20.7. The minimum atomic E-state index is 0.319. The van der Waals surface area contributed by atoms with E-state index in [4.69, 9.17) is 9.47 Å². The van der Waals surface area contributed by atoms with Crippen LogP contribution in [0.15, 0.2) is 133 Å². The molecule has 5 heteroatoms. The fourth-order valence-corrected chi connectivity index (χ4v) is 6.55. The van der Waals surface area contributed by atoms with Gasteiger partial charge in [0, 0.05) is 39.1 Å². The van der Waals surface area contributed by atoms with E-state index in [1.807, 2.05) is 30.3 Å². The molecule has 0 saturated heterocycles. The van der Waals surface area contributed by atoms with Gasteiger partial charge in [0.2, 0.25) is 0 Å². The molecule has 0 spiro atoms. The molecule has 1 aliphatic carbocycles. The fraction of sp³-hybridized carbons (Fsp3) is 0.0811. The number of H-pyrrole nitrogens is 1. The van der Waals surface area contributed by atoms with Gasteiger partial charge in [0.1, 0.15) is 5.76 Å². The van der Waals surface area contributed by atoms with E-state index in [1.54, 1.807) is 0 Å². The number of benzene rings is 5. The highest BCUT2D eigenvalue weighted by Gasteiger charge is 2.31. The number of hydrogen-bond acceptors (Lipinski definition) is 4. The third-order valence-corrected chi connectivity index (χ3v) is 8.55. The van der Waals surface area contributed by atoms with Gasteiger partial charge in [-0.15, -0.1) is 0 Å². The molecule has 202 valence electrons. The summed E-state index contributed by atoms with van der Waals surface area (Å²) in [5.41, 5.74) is 8.62. The highest BCUT2D eigenvalue weighted by molar-refractivity contribution is 6.10. The molecule has 5 aromatic carbocycles. The molecule has 3 heterocycles. The maximum Gasteiger partial charge on any atom is 0.151 e. The number of ether oxygens (including phenoxy) is 2. The molecular formula is C37H27N3O2. The second-order valence-corrected chi connectivity index (χ2v) is 11.2. The molecule has 1 aromatic heterocycles. The van der Waals surface area contributed by atoms with Crippen molar-refractivity contribution in [3.63, 3.8) is 0 Å². The van der Waals surface area contributed by atoms with E-state index >= 15 is 0 Å². The summed E-state index contributed by atoms with van der Waals surface area (Å²) in [6.45, 7) is 2.23. The van der Waals surface area contributed by atoms with Crippen LogP contribution in [0.2, 0.25) is 0 Å². The number of fused-ring (bicyclic) bond motifs is 6. The zero-order valence-corrected chi connectivity index (χ0v) is 23.0. The molecule has 9 rings (SSSR count). The van der Waals surface area contributed by atoms with Gasteiger partial charge in [-0.3, -0.25) is 0 Å². The molecule has 5 nitrogen and oxygen atoms in total. The predicted molar refractivity (Wildman–Crippen MR) is 170 cm³/mol. The summed E-state index contributed by atoms with van der Waals surface area (Å²) >= 11 is 0. The van der Waals surface area contributed by atoms with Gasteiger partial charge < -0.3 is 24.3 Å². The number of hydrogen-bond donors (Lipinski definition) is 1. The number of anilines is 5. The Morgan fingerprint density at radius 3 is 1.76 bits per heavy atom. The quantitative estimate of drug-likeness (QED) is 0.235. The van der Waals surface area contributed by atoms with E-state index in [-0.39, 0.29) is 0 Å². The normalized spacial score (nSPS) is 16.9. The Morgan fingerprint density at radius 2 is 1.14 bits per heavy atom. The average Bonchev–Trinajstić information content (AvgIpc) is 3.40. The number of nitrogens with zero attached hydrogens (tertiary/aromatic N) is 2. The van der Waals surface area contributed by atoms with Gasteiger partial charge in [0.25, 0.3) is 0 Å². The van der Waals surface area contributed by atoms with Crippen LogP contribution < -0.4 is 19.3 Å². The van der Waals surface area contributed by atoms with Gasteiger partial charge in [-0.25, -0.2) is 0 Å². The summed E-state index contributed by atoms with van der Waals surface area (Å²) < 4.78 is 12.7. The van der Waals surface area contributed by atoms with Crippen molar-refractivity contribution in [1.29, 1.82) is 0 Å². The van der Waals surface area contributed by atoms with Crippen LogP contribution in [0.4, 0.5) is 28.4 Å². The Labute approximate surface area is 243 Å². The van der Waals surface area contributed by atoms with Gasteiger partial charge in [-0.05, 0) is 85.3 Å². The summed E-state index contributed by atoms with van der Waals surface area (Å²) in [6, 6.07) is 38.1. The number of aromatic nitrogens is 1. The van der Waals surface area contributed by atoms with Crippen LogP contribution in [0.1, 0.15) is 13.3 Å². The van der Waals surface area contributed by atoms with Crippen molar-refractivity contribution in [3.05, 3.63) is 133 Å². The molecular weight excluding hydrogens is 518 g/mol. The van der Waals surface area contributed by atoms with E-state index < -0.39 is 0 Å². The van der Waals surface area contributed by atoms with E-state index in [9.17, 15) is 0 Å².